The summed E-state index contributed by atoms with van der Waals surface area (Å²) in [5, 5.41) is 108. The van der Waals surface area contributed by atoms with Gasteiger partial charge in [-0.15, -0.1) is 0 Å². The van der Waals surface area contributed by atoms with Crippen molar-refractivity contribution in [2.24, 2.45) is 50.2 Å². The number of hydrogen-bond acceptors (Lipinski definition) is 16. The molecule has 372 valence electrons. The summed E-state index contributed by atoms with van der Waals surface area (Å²) in [6.07, 6.45) is -15.9. The van der Waals surface area contributed by atoms with Gasteiger partial charge in [-0.3, -0.25) is 0 Å². The maximum atomic E-state index is 12.5. The first-order chi connectivity index (χ1) is 30.2. The van der Waals surface area contributed by atoms with Gasteiger partial charge in [-0.2, -0.15) is 0 Å². The van der Waals surface area contributed by atoms with E-state index in [-0.39, 0.29) is 39.1 Å². The minimum Gasteiger partial charge on any atom is -0.479 e. The largest absolute Gasteiger partial charge is 0.479 e. The molecular formula is C48H78O17. The third-order valence-electron chi connectivity index (χ3n) is 19.4. The molecule has 65 heavy (non-hydrogen) atoms. The van der Waals surface area contributed by atoms with Crippen LogP contribution in [0, 0.1) is 50.2 Å². The summed E-state index contributed by atoms with van der Waals surface area (Å²) in [6.45, 7) is 19.3. The Morgan fingerprint density at radius 3 is 1.94 bits per heavy atom. The molecule has 24 atom stereocenters. The zero-order valence-corrected chi connectivity index (χ0v) is 39.5. The molecule has 3 aliphatic heterocycles. The van der Waals surface area contributed by atoms with Gasteiger partial charge in [0, 0.05) is 5.41 Å². The highest BCUT2D eigenvalue weighted by Gasteiger charge is 2.69. The van der Waals surface area contributed by atoms with Crippen LogP contribution in [-0.4, -0.2) is 168 Å². The van der Waals surface area contributed by atoms with Gasteiger partial charge in [0.2, 0.25) is 0 Å². The van der Waals surface area contributed by atoms with Crippen LogP contribution < -0.4 is 0 Å². The molecule has 0 radical (unpaired) electrons. The molecule has 7 fully saturated rings. The van der Waals surface area contributed by atoms with E-state index >= 15 is 0 Å². The minimum absolute atomic E-state index is 0.00181. The lowest BCUT2D eigenvalue weighted by molar-refractivity contribution is -0.395. The smallest absolute Gasteiger partial charge is 0.335 e. The standard InChI is InChI=1S/C48H78O17/c1-21-29(51)31(53)35(57)40(60-21)64-37-32(54)30(52)24(20-49)61-41(37)65-38-34(56)33(55)36(39(58)59)63-42(38)62-28-13-14-46(7)25(44(28,4)5)12-15-48(9)26(46)11-10-22-23-18-43(2,3)19-27(50)45(23,6)16-17-47(22,48)8/h10,21,23-38,40-42,49-57H,11-20H2,1-9H3,(H,58,59)/t21-,23+,24-,25-,26+,27-,28+,29-,30-,31+,32+,33+,34+,35-,36+,37-,38-,40+,41+,42-,45-,46+,47-,48-/m1/s1. The molecule has 0 spiro atoms. The normalized spacial score (nSPS) is 55.1. The number of carboxylic acid groups (broad SMARTS) is 1. The highest BCUT2D eigenvalue weighted by molar-refractivity contribution is 5.73. The van der Waals surface area contributed by atoms with Gasteiger partial charge in [0.25, 0.3) is 0 Å². The number of fused-ring (bicyclic) bond motifs is 7. The van der Waals surface area contributed by atoms with Crippen LogP contribution >= 0.6 is 0 Å². The summed E-state index contributed by atoms with van der Waals surface area (Å²) < 4.78 is 36.4. The zero-order valence-electron chi connectivity index (χ0n) is 39.5. The van der Waals surface area contributed by atoms with Crippen molar-refractivity contribution in [3.63, 3.8) is 0 Å². The van der Waals surface area contributed by atoms with E-state index in [1.54, 1.807) is 5.57 Å². The van der Waals surface area contributed by atoms with Crippen LogP contribution in [-0.2, 0) is 33.2 Å². The third-order valence-corrected chi connectivity index (χ3v) is 19.4. The molecule has 10 N–H and O–H groups in total. The van der Waals surface area contributed by atoms with E-state index in [4.69, 9.17) is 28.4 Å². The summed E-state index contributed by atoms with van der Waals surface area (Å²) in [5.41, 5.74) is 0.763. The number of carboxylic acids is 1. The van der Waals surface area contributed by atoms with Gasteiger partial charge in [-0.25, -0.2) is 4.79 Å². The van der Waals surface area contributed by atoms with Crippen molar-refractivity contribution in [2.45, 2.75) is 224 Å². The Kier molecular flexibility index (Phi) is 13.2. The average Bonchev–Trinajstić information content (AvgIpc) is 3.22. The van der Waals surface area contributed by atoms with E-state index in [0.29, 0.717) is 18.3 Å². The molecule has 5 aliphatic carbocycles. The molecule has 17 nitrogen and oxygen atoms in total. The summed E-state index contributed by atoms with van der Waals surface area (Å²) in [6, 6.07) is 0. The first-order valence-corrected chi connectivity index (χ1v) is 24.1. The van der Waals surface area contributed by atoms with Crippen LogP contribution in [0.25, 0.3) is 0 Å². The van der Waals surface area contributed by atoms with Gasteiger partial charge in [-0.05, 0) is 110 Å². The number of rotatable bonds is 8. The lowest BCUT2D eigenvalue weighted by Crippen LogP contribution is -2.68. The Bertz CT molecular complexity index is 1790. The number of aliphatic carboxylic acids is 1. The van der Waals surface area contributed by atoms with Gasteiger partial charge >= 0.3 is 5.97 Å². The van der Waals surface area contributed by atoms with Gasteiger partial charge in [0.05, 0.1) is 24.9 Å². The van der Waals surface area contributed by atoms with Crippen molar-refractivity contribution in [3.8, 4) is 0 Å². The fourth-order valence-corrected chi connectivity index (χ4v) is 15.1. The highest BCUT2D eigenvalue weighted by Crippen LogP contribution is 2.76. The quantitative estimate of drug-likeness (QED) is 0.123. The molecular weight excluding hydrogens is 849 g/mol. The van der Waals surface area contributed by atoms with Crippen LogP contribution in [0.15, 0.2) is 11.6 Å². The fraction of sp³-hybridized carbons (Fsp3) is 0.938. The molecule has 0 amide bonds. The second-order valence-electron chi connectivity index (χ2n) is 23.8. The Morgan fingerprint density at radius 2 is 1.29 bits per heavy atom. The van der Waals surface area contributed by atoms with E-state index in [1.165, 1.54) is 6.92 Å². The first kappa shape index (κ1) is 50.0. The fourth-order valence-electron chi connectivity index (χ4n) is 15.1. The number of aliphatic hydroxyl groups excluding tert-OH is 9. The molecule has 0 unspecified atom stereocenters. The average molecular weight is 927 g/mol. The molecule has 4 saturated carbocycles. The maximum absolute atomic E-state index is 12.5. The Balaban J connectivity index is 1.06. The molecule has 0 aromatic rings. The molecule has 17 heteroatoms. The molecule has 3 saturated heterocycles. The van der Waals surface area contributed by atoms with Crippen LogP contribution in [0.5, 0.6) is 0 Å². The van der Waals surface area contributed by atoms with Gasteiger partial charge in [0.1, 0.15) is 61.0 Å². The Hall–Kier alpha value is -1.39. The predicted molar refractivity (Wildman–Crippen MR) is 229 cm³/mol. The van der Waals surface area contributed by atoms with Crippen molar-refractivity contribution in [2.75, 3.05) is 6.61 Å². The number of allylic oxidation sites excluding steroid dienone is 2. The van der Waals surface area contributed by atoms with Crippen molar-refractivity contribution >= 4 is 5.97 Å². The Labute approximate surface area is 382 Å². The van der Waals surface area contributed by atoms with Crippen molar-refractivity contribution < 1.29 is 84.3 Å². The van der Waals surface area contributed by atoms with Crippen molar-refractivity contribution in [3.05, 3.63) is 11.6 Å². The third kappa shape index (κ3) is 7.81. The molecule has 8 rings (SSSR count). The van der Waals surface area contributed by atoms with Gasteiger partial charge < -0.3 is 79.5 Å². The highest BCUT2D eigenvalue weighted by atomic mass is 16.8. The molecule has 0 aromatic heterocycles. The predicted octanol–water partition coefficient (Wildman–Crippen LogP) is 1.73. The van der Waals surface area contributed by atoms with Crippen LogP contribution in [0.3, 0.4) is 0 Å². The van der Waals surface area contributed by atoms with E-state index in [0.717, 1.165) is 51.4 Å². The summed E-state index contributed by atoms with van der Waals surface area (Å²) in [5.74, 6) is -0.724. The summed E-state index contributed by atoms with van der Waals surface area (Å²) in [7, 11) is 0. The lowest BCUT2D eigenvalue weighted by atomic mass is 9.33. The van der Waals surface area contributed by atoms with Crippen LogP contribution in [0.4, 0.5) is 0 Å². The number of ether oxygens (including phenoxy) is 6. The van der Waals surface area contributed by atoms with E-state index in [9.17, 15) is 55.9 Å². The second kappa shape index (κ2) is 17.2. The maximum Gasteiger partial charge on any atom is 0.335 e. The van der Waals surface area contributed by atoms with Crippen LogP contribution in [0.1, 0.15) is 120 Å². The van der Waals surface area contributed by atoms with Gasteiger partial charge in [-0.1, -0.05) is 67.0 Å². The van der Waals surface area contributed by atoms with Gasteiger partial charge in [0.15, 0.2) is 25.0 Å². The summed E-state index contributed by atoms with van der Waals surface area (Å²) in [4.78, 5) is 12.5. The van der Waals surface area contributed by atoms with E-state index in [2.05, 4.69) is 61.5 Å². The minimum atomic E-state index is -2.02. The lowest BCUT2D eigenvalue weighted by Gasteiger charge is -2.71. The number of aliphatic hydroxyl groups is 9. The van der Waals surface area contributed by atoms with E-state index < -0.39 is 116 Å². The first-order valence-electron chi connectivity index (χ1n) is 24.1. The second-order valence-corrected chi connectivity index (χ2v) is 23.8. The Morgan fingerprint density at radius 1 is 0.662 bits per heavy atom. The summed E-state index contributed by atoms with van der Waals surface area (Å²) >= 11 is 0. The van der Waals surface area contributed by atoms with Crippen molar-refractivity contribution in [1.29, 1.82) is 0 Å². The van der Waals surface area contributed by atoms with Crippen molar-refractivity contribution in [1.82, 2.24) is 0 Å². The van der Waals surface area contributed by atoms with Crippen LogP contribution in [0.2, 0.25) is 0 Å². The molecule has 3 heterocycles. The zero-order chi connectivity index (χ0) is 47.7. The number of hydrogen-bond donors (Lipinski definition) is 10. The SMILES string of the molecule is C[C@H]1O[C@@H](O[C@H]2[C@H](O[C@H]3[C@H](O[C@H]4CC[C@@]5(C)[C@H](CC[C@]6(C)[C@H]5CC=C5[C@@H]7CC(C)(C)C[C@@H](O)[C@]7(C)CC[C@]56C)C4(C)C)O[C@H](C(=O)O)[C@@H](O)[C@@H]3O)O[C@H](CO)[C@@H](O)[C@@H]2O)[C@H](O)[C@@H](O)[C@@H]1O. The molecule has 0 aromatic carbocycles. The molecule has 8 aliphatic rings. The molecule has 0 bridgehead atoms. The topological polar surface area (TPSA) is 275 Å². The number of carbonyl (C=O) groups is 1. The monoisotopic (exact) mass is 927 g/mol. The van der Waals surface area contributed by atoms with E-state index in [1.807, 2.05) is 0 Å².